The van der Waals surface area contributed by atoms with E-state index in [2.05, 4.69) is 11.8 Å². The minimum atomic E-state index is -0.167. The Morgan fingerprint density at radius 3 is 2.33 bits per heavy atom. The fourth-order valence-electron chi connectivity index (χ4n) is 2.19. The molecule has 2 amide bonds. The Labute approximate surface area is 124 Å². The first kappa shape index (κ1) is 15.1. The number of rotatable bonds is 3. The molecule has 1 aromatic rings. The topological polar surface area (TPSA) is 60.9 Å². The summed E-state index contributed by atoms with van der Waals surface area (Å²) >= 11 is 0. The first-order chi connectivity index (χ1) is 10.1. The maximum atomic E-state index is 12.0. The van der Waals surface area contributed by atoms with Gasteiger partial charge in [-0.15, -0.1) is 0 Å². The van der Waals surface area contributed by atoms with Gasteiger partial charge in [0.15, 0.2) is 0 Å². The van der Waals surface area contributed by atoms with E-state index in [1.54, 1.807) is 9.80 Å². The van der Waals surface area contributed by atoms with Crippen LogP contribution in [0, 0.1) is 11.8 Å². The average molecular weight is 286 g/mol. The predicted molar refractivity (Wildman–Crippen MR) is 78.1 cm³/mol. The number of benzene rings is 1. The average Bonchev–Trinajstić information content (AvgIpc) is 2.50. The zero-order valence-corrected chi connectivity index (χ0v) is 12.0. The van der Waals surface area contributed by atoms with Gasteiger partial charge >= 0.3 is 0 Å². The van der Waals surface area contributed by atoms with Crippen molar-refractivity contribution in [2.24, 2.45) is 0 Å². The van der Waals surface area contributed by atoms with Crippen LogP contribution in [0.1, 0.15) is 18.1 Å². The fraction of sp³-hybridized carbons (Fsp3) is 0.375. The molecule has 0 radical (unpaired) electrons. The van der Waals surface area contributed by atoms with E-state index in [1.807, 2.05) is 31.2 Å². The highest BCUT2D eigenvalue weighted by atomic mass is 16.2. The second-order valence-electron chi connectivity index (χ2n) is 4.81. The first-order valence-electron chi connectivity index (χ1n) is 6.88. The number of aliphatic hydroxyl groups excluding tert-OH is 1. The molecule has 0 unspecified atom stereocenters. The first-order valence-corrected chi connectivity index (χ1v) is 6.88. The molecule has 110 valence electrons. The monoisotopic (exact) mass is 286 g/mol. The van der Waals surface area contributed by atoms with Gasteiger partial charge in [0.2, 0.25) is 11.8 Å². The largest absolute Gasteiger partial charge is 0.384 e. The molecule has 0 aromatic heterocycles. The van der Waals surface area contributed by atoms with Crippen molar-refractivity contribution in [3.05, 3.63) is 35.4 Å². The standard InChI is InChI=1S/C16H18N2O3/c1-2-17-11-16(21)18(12-15(17)20)10-14-7-5-13(6-8-14)4-3-9-19/h5-8,19H,2,9-12H2,1H3. The summed E-state index contributed by atoms with van der Waals surface area (Å²) in [6.45, 7) is 2.99. The second kappa shape index (κ2) is 6.91. The van der Waals surface area contributed by atoms with Crippen LogP contribution in [0.15, 0.2) is 24.3 Å². The number of aliphatic hydroxyl groups is 1. The molecule has 1 saturated heterocycles. The van der Waals surface area contributed by atoms with Crippen molar-refractivity contribution in [1.82, 2.24) is 9.80 Å². The molecule has 0 atom stereocenters. The lowest BCUT2D eigenvalue weighted by Crippen LogP contribution is -2.53. The molecule has 0 bridgehead atoms. The van der Waals surface area contributed by atoms with Gasteiger partial charge in [-0.3, -0.25) is 9.59 Å². The van der Waals surface area contributed by atoms with Gasteiger partial charge in [0.1, 0.15) is 13.2 Å². The molecule has 1 aliphatic rings. The lowest BCUT2D eigenvalue weighted by atomic mass is 10.1. The molecule has 5 nitrogen and oxygen atoms in total. The maximum Gasteiger partial charge on any atom is 0.242 e. The Morgan fingerprint density at radius 1 is 1.10 bits per heavy atom. The van der Waals surface area contributed by atoms with Crippen molar-refractivity contribution >= 4 is 11.8 Å². The van der Waals surface area contributed by atoms with Gasteiger partial charge in [-0.25, -0.2) is 0 Å². The molecular weight excluding hydrogens is 268 g/mol. The molecule has 1 fully saturated rings. The minimum Gasteiger partial charge on any atom is -0.384 e. The van der Waals surface area contributed by atoms with E-state index in [1.165, 1.54) is 0 Å². The number of carbonyl (C=O) groups is 2. The highest BCUT2D eigenvalue weighted by Crippen LogP contribution is 2.11. The molecular formula is C16H18N2O3. The van der Waals surface area contributed by atoms with Crippen LogP contribution in [0.2, 0.25) is 0 Å². The molecule has 1 aliphatic heterocycles. The van der Waals surface area contributed by atoms with Crippen LogP contribution < -0.4 is 0 Å². The van der Waals surface area contributed by atoms with Crippen molar-refractivity contribution in [3.8, 4) is 11.8 Å². The van der Waals surface area contributed by atoms with E-state index in [0.717, 1.165) is 11.1 Å². The van der Waals surface area contributed by atoms with Gasteiger partial charge < -0.3 is 14.9 Å². The second-order valence-corrected chi connectivity index (χ2v) is 4.81. The van der Waals surface area contributed by atoms with Crippen LogP contribution in [-0.2, 0) is 16.1 Å². The molecule has 5 heteroatoms. The summed E-state index contributed by atoms with van der Waals surface area (Å²) in [7, 11) is 0. The third-order valence-corrected chi connectivity index (χ3v) is 3.38. The number of piperazine rings is 1. The molecule has 0 saturated carbocycles. The Balaban J connectivity index is 2.01. The summed E-state index contributed by atoms with van der Waals surface area (Å²) in [5.41, 5.74) is 1.77. The van der Waals surface area contributed by atoms with Gasteiger partial charge in [-0.2, -0.15) is 0 Å². The van der Waals surface area contributed by atoms with Crippen LogP contribution in [0.4, 0.5) is 0 Å². The van der Waals surface area contributed by atoms with Gasteiger partial charge in [0.25, 0.3) is 0 Å². The molecule has 2 rings (SSSR count). The van der Waals surface area contributed by atoms with E-state index in [9.17, 15) is 9.59 Å². The van der Waals surface area contributed by atoms with Crippen LogP contribution in [0.3, 0.4) is 0 Å². The zero-order chi connectivity index (χ0) is 15.2. The van der Waals surface area contributed by atoms with Crippen molar-refractivity contribution in [3.63, 3.8) is 0 Å². The Morgan fingerprint density at radius 2 is 1.71 bits per heavy atom. The molecule has 0 aliphatic carbocycles. The smallest absolute Gasteiger partial charge is 0.242 e. The fourth-order valence-corrected chi connectivity index (χ4v) is 2.19. The molecule has 1 aromatic carbocycles. The van der Waals surface area contributed by atoms with E-state index >= 15 is 0 Å². The summed E-state index contributed by atoms with van der Waals surface area (Å²) in [5, 5.41) is 8.64. The number of likely N-dealkylation sites (N-methyl/N-ethyl adjacent to an activating group) is 1. The summed E-state index contributed by atoms with van der Waals surface area (Å²) in [5.74, 6) is 5.35. The predicted octanol–water partition coefficient (Wildman–Crippen LogP) is 0.221. The van der Waals surface area contributed by atoms with E-state index in [0.29, 0.717) is 13.1 Å². The van der Waals surface area contributed by atoms with Gasteiger partial charge in [-0.05, 0) is 24.6 Å². The molecule has 1 heterocycles. The Kier molecular flexibility index (Phi) is 4.96. The minimum absolute atomic E-state index is 0.0115. The third kappa shape index (κ3) is 3.83. The van der Waals surface area contributed by atoms with Gasteiger partial charge in [0.05, 0.1) is 6.54 Å². The van der Waals surface area contributed by atoms with Crippen molar-refractivity contribution in [1.29, 1.82) is 0 Å². The third-order valence-electron chi connectivity index (χ3n) is 3.38. The summed E-state index contributed by atoms with van der Waals surface area (Å²) in [6.07, 6.45) is 0. The molecule has 1 N–H and O–H groups in total. The van der Waals surface area contributed by atoms with Crippen LogP contribution in [0.25, 0.3) is 0 Å². The SMILES string of the molecule is CCN1CC(=O)N(Cc2ccc(C#CCO)cc2)CC1=O. The highest BCUT2D eigenvalue weighted by molar-refractivity contribution is 5.92. The summed E-state index contributed by atoms with van der Waals surface area (Å²) < 4.78 is 0. The van der Waals surface area contributed by atoms with E-state index in [-0.39, 0.29) is 31.5 Å². The number of amides is 2. The van der Waals surface area contributed by atoms with Crippen LogP contribution >= 0.6 is 0 Å². The van der Waals surface area contributed by atoms with E-state index in [4.69, 9.17) is 5.11 Å². The quantitative estimate of drug-likeness (QED) is 0.809. The Bertz CT molecular complexity index is 584. The van der Waals surface area contributed by atoms with Crippen molar-refractivity contribution in [2.45, 2.75) is 13.5 Å². The van der Waals surface area contributed by atoms with Crippen LogP contribution in [0.5, 0.6) is 0 Å². The zero-order valence-electron chi connectivity index (χ0n) is 12.0. The molecule has 21 heavy (non-hydrogen) atoms. The molecule has 0 spiro atoms. The summed E-state index contributed by atoms with van der Waals surface area (Å²) in [6, 6.07) is 7.44. The van der Waals surface area contributed by atoms with Crippen LogP contribution in [-0.4, -0.2) is 53.0 Å². The summed E-state index contributed by atoms with van der Waals surface area (Å²) in [4.78, 5) is 27.0. The maximum absolute atomic E-state index is 12.0. The van der Waals surface area contributed by atoms with Gasteiger partial charge in [0, 0.05) is 18.7 Å². The Hall–Kier alpha value is -2.32. The number of carbonyl (C=O) groups excluding carboxylic acids is 2. The normalized spacial score (nSPS) is 15.0. The lowest BCUT2D eigenvalue weighted by molar-refractivity contribution is -0.150. The van der Waals surface area contributed by atoms with E-state index < -0.39 is 0 Å². The number of hydrogen-bond donors (Lipinski definition) is 1. The lowest BCUT2D eigenvalue weighted by Gasteiger charge is -2.33. The highest BCUT2D eigenvalue weighted by Gasteiger charge is 2.28. The van der Waals surface area contributed by atoms with Crippen molar-refractivity contribution < 1.29 is 14.7 Å². The van der Waals surface area contributed by atoms with Crippen molar-refractivity contribution in [2.75, 3.05) is 26.2 Å². The van der Waals surface area contributed by atoms with Gasteiger partial charge in [-0.1, -0.05) is 24.0 Å². The number of nitrogens with zero attached hydrogens (tertiary/aromatic N) is 2. The number of hydrogen-bond acceptors (Lipinski definition) is 3.